The van der Waals surface area contributed by atoms with Crippen molar-refractivity contribution in [3.8, 4) is 0 Å². The zero-order chi connectivity index (χ0) is 21.7. The Hall–Kier alpha value is -3.13. The molecule has 1 heterocycles. The van der Waals surface area contributed by atoms with Gasteiger partial charge in [-0.2, -0.15) is 0 Å². The monoisotopic (exact) mass is 428 g/mol. The Labute approximate surface area is 175 Å². The van der Waals surface area contributed by atoms with Gasteiger partial charge in [-0.3, -0.25) is 9.59 Å². The number of likely N-dealkylation sites (N-methyl/N-ethyl adjacent to an activating group) is 1. The first-order chi connectivity index (χ1) is 14.3. The maximum atomic E-state index is 12.7. The SMILES string of the molecule is CCN(Cc1ccccc1)C(=O)CNC(=O)c1oc2ccccc2c1CS(C)(=O)=O. The number of nitrogens with zero attached hydrogens (tertiary/aromatic N) is 1. The lowest BCUT2D eigenvalue weighted by molar-refractivity contribution is -0.130. The highest BCUT2D eigenvalue weighted by Gasteiger charge is 2.24. The molecule has 0 unspecified atom stereocenters. The van der Waals surface area contributed by atoms with E-state index in [4.69, 9.17) is 4.42 Å². The predicted octanol–water partition coefficient (Wildman–Crippen LogP) is 2.76. The molecule has 0 aliphatic rings. The molecule has 3 rings (SSSR count). The number of para-hydroxylation sites is 1. The molecule has 0 saturated heterocycles. The van der Waals surface area contributed by atoms with E-state index in [9.17, 15) is 18.0 Å². The van der Waals surface area contributed by atoms with E-state index in [0.717, 1.165) is 11.8 Å². The number of rotatable bonds is 8. The van der Waals surface area contributed by atoms with Crippen LogP contribution in [0.4, 0.5) is 0 Å². The second-order valence-electron chi connectivity index (χ2n) is 7.05. The molecule has 0 spiro atoms. The molecule has 0 atom stereocenters. The number of hydrogen-bond acceptors (Lipinski definition) is 5. The summed E-state index contributed by atoms with van der Waals surface area (Å²) in [6.07, 6.45) is 1.10. The molecule has 3 aromatic rings. The molecule has 7 nitrogen and oxygen atoms in total. The van der Waals surface area contributed by atoms with Crippen LogP contribution >= 0.6 is 0 Å². The third kappa shape index (κ3) is 5.27. The Morgan fingerprint density at radius 2 is 1.70 bits per heavy atom. The van der Waals surface area contributed by atoms with Gasteiger partial charge >= 0.3 is 0 Å². The van der Waals surface area contributed by atoms with E-state index in [2.05, 4.69) is 5.32 Å². The zero-order valence-electron chi connectivity index (χ0n) is 16.9. The van der Waals surface area contributed by atoms with Crippen LogP contribution in [0.1, 0.15) is 28.6 Å². The summed E-state index contributed by atoms with van der Waals surface area (Å²) >= 11 is 0. The Morgan fingerprint density at radius 1 is 1.03 bits per heavy atom. The summed E-state index contributed by atoms with van der Waals surface area (Å²) in [5.41, 5.74) is 1.72. The average Bonchev–Trinajstić information content (AvgIpc) is 3.08. The van der Waals surface area contributed by atoms with Gasteiger partial charge in [0.2, 0.25) is 5.91 Å². The Morgan fingerprint density at radius 3 is 2.37 bits per heavy atom. The maximum absolute atomic E-state index is 12.7. The van der Waals surface area contributed by atoms with E-state index in [1.165, 1.54) is 0 Å². The highest BCUT2D eigenvalue weighted by molar-refractivity contribution is 7.89. The minimum atomic E-state index is -3.39. The van der Waals surface area contributed by atoms with E-state index in [1.807, 2.05) is 37.3 Å². The standard InChI is InChI=1S/C22H24N2O5S/c1-3-24(14-16-9-5-4-6-10-16)20(25)13-23-22(26)21-18(15-30(2,27)28)17-11-7-8-12-19(17)29-21/h4-12H,3,13-15H2,1-2H3,(H,23,26). The van der Waals surface area contributed by atoms with Crippen molar-refractivity contribution in [2.24, 2.45) is 0 Å². The lowest BCUT2D eigenvalue weighted by Gasteiger charge is -2.21. The van der Waals surface area contributed by atoms with E-state index in [1.54, 1.807) is 29.2 Å². The summed E-state index contributed by atoms with van der Waals surface area (Å²) in [4.78, 5) is 26.9. The zero-order valence-corrected chi connectivity index (χ0v) is 17.7. The van der Waals surface area contributed by atoms with Gasteiger partial charge in [0.05, 0.1) is 12.3 Å². The molecule has 2 aromatic carbocycles. The fraction of sp³-hybridized carbons (Fsp3) is 0.273. The van der Waals surface area contributed by atoms with Gasteiger partial charge in [0.15, 0.2) is 15.6 Å². The molecule has 158 valence electrons. The van der Waals surface area contributed by atoms with Gasteiger partial charge in [-0.25, -0.2) is 8.42 Å². The van der Waals surface area contributed by atoms with Crippen LogP contribution in [0.5, 0.6) is 0 Å². The maximum Gasteiger partial charge on any atom is 0.287 e. The van der Waals surface area contributed by atoms with Crippen molar-refractivity contribution < 1.29 is 22.4 Å². The van der Waals surface area contributed by atoms with Crippen LogP contribution in [-0.2, 0) is 26.9 Å². The highest BCUT2D eigenvalue weighted by atomic mass is 32.2. The summed E-state index contributed by atoms with van der Waals surface area (Å²) in [6.45, 7) is 2.59. The minimum Gasteiger partial charge on any atom is -0.451 e. The lowest BCUT2D eigenvalue weighted by atomic mass is 10.1. The third-order valence-electron chi connectivity index (χ3n) is 4.66. The highest BCUT2D eigenvalue weighted by Crippen LogP contribution is 2.27. The lowest BCUT2D eigenvalue weighted by Crippen LogP contribution is -2.39. The van der Waals surface area contributed by atoms with Crippen molar-refractivity contribution in [3.05, 3.63) is 71.5 Å². The molecule has 0 aliphatic heterocycles. The van der Waals surface area contributed by atoms with Crippen molar-refractivity contribution in [2.45, 2.75) is 19.2 Å². The van der Waals surface area contributed by atoms with Gasteiger partial charge in [-0.05, 0) is 18.6 Å². The van der Waals surface area contributed by atoms with Crippen LogP contribution in [-0.4, -0.2) is 44.5 Å². The van der Waals surface area contributed by atoms with Crippen LogP contribution in [0.3, 0.4) is 0 Å². The van der Waals surface area contributed by atoms with Crippen molar-refractivity contribution in [1.29, 1.82) is 0 Å². The molecule has 0 saturated carbocycles. The van der Waals surface area contributed by atoms with Gasteiger partial charge in [0, 0.05) is 30.3 Å². The number of carbonyl (C=O) groups is 2. The molecule has 1 aromatic heterocycles. The first-order valence-corrected chi connectivity index (χ1v) is 11.6. The average molecular weight is 429 g/mol. The van der Waals surface area contributed by atoms with Crippen LogP contribution in [0, 0.1) is 0 Å². The molecule has 0 aliphatic carbocycles. The quantitative estimate of drug-likeness (QED) is 0.595. The van der Waals surface area contributed by atoms with Gasteiger partial charge in [-0.1, -0.05) is 48.5 Å². The second kappa shape index (κ2) is 9.13. The summed E-state index contributed by atoms with van der Waals surface area (Å²) < 4.78 is 29.3. The molecule has 0 bridgehead atoms. The Kier molecular flexibility index (Phi) is 6.56. The number of benzene rings is 2. The number of nitrogens with one attached hydrogen (secondary N) is 1. The number of carbonyl (C=O) groups excluding carboxylic acids is 2. The largest absolute Gasteiger partial charge is 0.451 e. The fourth-order valence-corrected chi connectivity index (χ4v) is 4.03. The Balaban J connectivity index is 1.75. The summed E-state index contributed by atoms with van der Waals surface area (Å²) in [5.74, 6) is -1.26. The normalized spacial score (nSPS) is 11.4. The van der Waals surface area contributed by atoms with E-state index in [-0.39, 0.29) is 24.0 Å². The summed E-state index contributed by atoms with van der Waals surface area (Å²) in [5, 5.41) is 3.14. The second-order valence-corrected chi connectivity index (χ2v) is 9.19. The van der Waals surface area contributed by atoms with Gasteiger partial charge in [0.1, 0.15) is 5.58 Å². The van der Waals surface area contributed by atoms with Gasteiger partial charge < -0.3 is 14.6 Å². The molecular weight excluding hydrogens is 404 g/mol. The Bertz CT molecular complexity index is 1150. The molecule has 30 heavy (non-hydrogen) atoms. The number of furan rings is 1. The number of fused-ring (bicyclic) bond motifs is 1. The van der Waals surface area contributed by atoms with Crippen molar-refractivity contribution in [2.75, 3.05) is 19.3 Å². The molecule has 1 N–H and O–H groups in total. The van der Waals surface area contributed by atoms with Gasteiger partial charge in [0.25, 0.3) is 5.91 Å². The third-order valence-corrected chi connectivity index (χ3v) is 5.47. The summed E-state index contributed by atoms with van der Waals surface area (Å²) in [7, 11) is -3.39. The number of amides is 2. The summed E-state index contributed by atoms with van der Waals surface area (Å²) in [6, 6.07) is 16.4. The number of sulfone groups is 1. The first kappa shape index (κ1) is 21.6. The fourth-order valence-electron chi connectivity index (χ4n) is 3.22. The molecule has 0 fully saturated rings. The van der Waals surface area contributed by atoms with Crippen molar-refractivity contribution in [3.63, 3.8) is 0 Å². The van der Waals surface area contributed by atoms with Crippen LogP contribution in [0.25, 0.3) is 11.0 Å². The molecular formula is C22H24N2O5S. The predicted molar refractivity (Wildman–Crippen MR) is 115 cm³/mol. The van der Waals surface area contributed by atoms with Crippen molar-refractivity contribution in [1.82, 2.24) is 10.2 Å². The molecule has 2 amide bonds. The number of hydrogen-bond donors (Lipinski definition) is 1. The van der Waals surface area contributed by atoms with Crippen LogP contribution in [0.15, 0.2) is 59.0 Å². The van der Waals surface area contributed by atoms with E-state index in [0.29, 0.717) is 29.6 Å². The van der Waals surface area contributed by atoms with Gasteiger partial charge in [-0.15, -0.1) is 0 Å². The van der Waals surface area contributed by atoms with E-state index < -0.39 is 15.7 Å². The first-order valence-electron chi connectivity index (χ1n) is 9.56. The molecule has 0 radical (unpaired) electrons. The van der Waals surface area contributed by atoms with E-state index >= 15 is 0 Å². The van der Waals surface area contributed by atoms with Crippen molar-refractivity contribution >= 4 is 32.6 Å². The molecule has 8 heteroatoms. The van der Waals surface area contributed by atoms with Crippen LogP contribution in [0.2, 0.25) is 0 Å². The minimum absolute atomic E-state index is 0.0828. The van der Waals surface area contributed by atoms with Crippen LogP contribution < -0.4 is 5.32 Å². The topological polar surface area (TPSA) is 96.7 Å². The smallest absolute Gasteiger partial charge is 0.287 e.